The third kappa shape index (κ3) is 3.23. The molecule has 1 amide bonds. The zero-order valence-corrected chi connectivity index (χ0v) is 14.6. The number of benzene rings is 2. The van der Waals surface area contributed by atoms with Gasteiger partial charge >= 0.3 is 0 Å². The second-order valence-corrected chi connectivity index (χ2v) is 6.30. The number of carbonyl (C=O) groups excluding carboxylic acids is 1. The molecule has 0 saturated carbocycles. The van der Waals surface area contributed by atoms with Gasteiger partial charge in [-0.05, 0) is 49.7 Å². The summed E-state index contributed by atoms with van der Waals surface area (Å²) in [4.78, 5) is 12.7. The lowest BCUT2D eigenvalue weighted by molar-refractivity contribution is 0.102. The SMILES string of the molecule is Cc1cc(Br)ccc1NC(=O)c1c(-c2cccc(F)c2)noc1C. The highest BCUT2D eigenvalue weighted by molar-refractivity contribution is 9.10. The van der Waals surface area contributed by atoms with Crippen molar-refractivity contribution < 1.29 is 13.7 Å². The van der Waals surface area contributed by atoms with E-state index in [0.29, 0.717) is 28.3 Å². The maximum absolute atomic E-state index is 13.5. The smallest absolute Gasteiger partial charge is 0.261 e. The van der Waals surface area contributed by atoms with Gasteiger partial charge in [0.1, 0.15) is 22.8 Å². The van der Waals surface area contributed by atoms with Gasteiger partial charge in [0.25, 0.3) is 5.91 Å². The topological polar surface area (TPSA) is 55.1 Å². The van der Waals surface area contributed by atoms with Crippen molar-refractivity contribution in [1.29, 1.82) is 0 Å². The third-order valence-corrected chi connectivity index (χ3v) is 4.12. The first-order valence-electron chi connectivity index (χ1n) is 7.25. The van der Waals surface area contributed by atoms with Crippen LogP contribution in [0.3, 0.4) is 0 Å². The van der Waals surface area contributed by atoms with Crippen LogP contribution in [-0.2, 0) is 0 Å². The van der Waals surface area contributed by atoms with E-state index >= 15 is 0 Å². The molecular weight excluding hydrogens is 375 g/mol. The van der Waals surface area contributed by atoms with Gasteiger partial charge in [0.15, 0.2) is 0 Å². The van der Waals surface area contributed by atoms with Crippen molar-refractivity contribution in [1.82, 2.24) is 5.16 Å². The molecule has 1 aromatic heterocycles. The molecule has 0 spiro atoms. The number of hydrogen-bond donors (Lipinski definition) is 1. The number of halogens is 2. The van der Waals surface area contributed by atoms with Crippen LogP contribution < -0.4 is 5.32 Å². The maximum Gasteiger partial charge on any atom is 0.261 e. The number of anilines is 1. The van der Waals surface area contributed by atoms with Crippen LogP contribution in [0, 0.1) is 19.7 Å². The van der Waals surface area contributed by atoms with Crippen LogP contribution in [0.4, 0.5) is 10.1 Å². The summed E-state index contributed by atoms with van der Waals surface area (Å²) in [6.45, 7) is 3.55. The van der Waals surface area contributed by atoms with Crippen molar-refractivity contribution >= 4 is 27.5 Å². The second-order valence-electron chi connectivity index (χ2n) is 5.39. The molecule has 0 fully saturated rings. The quantitative estimate of drug-likeness (QED) is 0.677. The van der Waals surface area contributed by atoms with Crippen molar-refractivity contribution in [2.24, 2.45) is 0 Å². The van der Waals surface area contributed by atoms with E-state index in [1.54, 1.807) is 19.1 Å². The molecule has 0 saturated heterocycles. The fourth-order valence-corrected chi connectivity index (χ4v) is 2.90. The van der Waals surface area contributed by atoms with Gasteiger partial charge in [-0.3, -0.25) is 4.79 Å². The van der Waals surface area contributed by atoms with E-state index in [0.717, 1.165) is 10.0 Å². The number of nitrogens with zero attached hydrogens (tertiary/aromatic N) is 1. The third-order valence-electron chi connectivity index (χ3n) is 3.62. The van der Waals surface area contributed by atoms with Crippen molar-refractivity contribution in [2.75, 3.05) is 5.32 Å². The highest BCUT2D eigenvalue weighted by atomic mass is 79.9. The van der Waals surface area contributed by atoms with E-state index in [1.807, 2.05) is 25.1 Å². The lowest BCUT2D eigenvalue weighted by Crippen LogP contribution is -2.14. The molecule has 122 valence electrons. The Morgan fingerprint density at radius 1 is 1.21 bits per heavy atom. The predicted molar refractivity (Wildman–Crippen MR) is 93.5 cm³/mol. The van der Waals surface area contributed by atoms with Gasteiger partial charge in [-0.15, -0.1) is 0 Å². The van der Waals surface area contributed by atoms with Gasteiger partial charge in [0.05, 0.1) is 0 Å². The number of nitrogens with one attached hydrogen (secondary N) is 1. The number of rotatable bonds is 3. The highest BCUT2D eigenvalue weighted by Crippen LogP contribution is 2.27. The lowest BCUT2D eigenvalue weighted by Gasteiger charge is -2.09. The number of aryl methyl sites for hydroxylation is 2. The van der Waals surface area contributed by atoms with Crippen molar-refractivity contribution in [3.63, 3.8) is 0 Å². The molecule has 1 heterocycles. The maximum atomic E-state index is 13.5. The first-order valence-corrected chi connectivity index (χ1v) is 8.04. The van der Waals surface area contributed by atoms with Crippen molar-refractivity contribution in [2.45, 2.75) is 13.8 Å². The summed E-state index contributed by atoms with van der Waals surface area (Å²) in [6, 6.07) is 11.5. The molecule has 3 rings (SSSR count). The predicted octanol–water partition coefficient (Wildman–Crippen LogP) is 5.11. The minimum atomic E-state index is -0.400. The molecule has 6 heteroatoms. The van der Waals surface area contributed by atoms with Gasteiger partial charge in [0, 0.05) is 15.7 Å². The van der Waals surface area contributed by atoms with E-state index < -0.39 is 5.82 Å². The molecule has 3 aromatic rings. The fourth-order valence-electron chi connectivity index (χ4n) is 2.42. The Balaban J connectivity index is 1.97. The van der Waals surface area contributed by atoms with Gasteiger partial charge in [0.2, 0.25) is 0 Å². The van der Waals surface area contributed by atoms with Gasteiger partial charge in [-0.2, -0.15) is 0 Å². The standard InChI is InChI=1S/C18H14BrFN2O2/c1-10-8-13(19)6-7-15(10)21-18(23)16-11(2)24-22-17(16)12-4-3-5-14(20)9-12/h3-9H,1-2H3,(H,21,23). The molecule has 0 aliphatic heterocycles. The highest BCUT2D eigenvalue weighted by Gasteiger charge is 2.22. The monoisotopic (exact) mass is 388 g/mol. The average molecular weight is 389 g/mol. The Morgan fingerprint density at radius 3 is 2.71 bits per heavy atom. The van der Waals surface area contributed by atoms with Crippen molar-refractivity contribution in [3.05, 3.63) is 69.6 Å². The van der Waals surface area contributed by atoms with Crippen molar-refractivity contribution in [3.8, 4) is 11.3 Å². The molecular formula is C18H14BrFN2O2. The van der Waals surface area contributed by atoms with E-state index in [1.165, 1.54) is 12.1 Å². The molecule has 1 N–H and O–H groups in total. The fraction of sp³-hybridized carbons (Fsp3) is 0.111. The van der Waals surface area contributed by atoms with Gasteiger partial charge in [-0.1, -0.05) is 33.2 Å². The van der Waals surface area contributed by atoms with E-state index in [-0.39, 0.29) is 5.91 Å². The molecule has 24 heavy (non-hydrogen) atoms. The first kappa shape index (κ1) is 16.4. The summed E-state index contributed by atoms with van der Waals surface area (Å²) < 4.78 is 19.6. The minimum absolute atomic E-state index is 0.294. The number of aromatic nitrogens is 1. The molecule has 0 aliphatic rings. The van der Waals surface area contributed by atoms with Crippen LogP contribution in [0.2, 0.25) is 0 Å². The van der Waals surface area contributed by atoms with E-state index in [9.17, 15) is 9.18 Å². The normalized spacial score (nSPS) is 10.7. The average Bonchev–Trinajstić information content (AvgIpc) is 2.92. The molecule has 2 aromatic carbocycles. The zero-order chi connectivity index (χ0) is 17.3. The van der Waals surface area contributed by atoms with Gasteiger partial charge < -0.3 is 9.84 Å². The van der Waals surface area contributed by atoms with E-state index in [2.05, 4.69) is 26.4 Å². The summed E-state index contributed by atoms with van der Waals surface area (Å²) in [5.41, 5.74) is 2.71. The Bertz CT molecular complexity index is 921. The van der Waals surface area contributed by atoms with Crippen LogP contribution in [0.15, 0.2) is 51.5 Å². The van der Waals surface area contributed by atoms with Crippen LogP contribution >= 0.6 is 15.9 Å². The van der Waals surface area contributed by atoms with E-state index in [4.69, 9.17) is 4.52 Å². The molecule has 0 atom stereocenters. The summed E-state index contributed by atoms with van der Waals surface area (Å²) in [7, 11) is 0. The largest absolute Gasteiger partial charge is 0.360 e. The number of carbonyl (C=O) groups is 1. The Morgan fingerprint density at radius 2 is 2.00 bits per heavy atom. The molecule has 0 bridgehead atoms. The molecule has 0 radical (unpaired) electrons. The Hall–Kier alpha value is -2.47. The number of hydrogen-bond acceptors (Lipinski definition) is 3. The van der Waals surface area contributed by atoms with Crippen LogP contribution in [-0.4, -0.2) is 11.1 Å². The summed E-state index contributed by atoms with van der Waals surface area (Å²) in [5, 5.41) is 6.77. The summed E-state index contributed by atoms with van der Waals surface area (Å²) in [6.07, 6.45) is 0. The summed E-state index contributed by atoms with van der Waals surface area (Å²) in [5.74, 6) is -0.372. The number of amides is 1. The zero-order valence-electron chi connectivity index (χ0n) is 13.1. The van der Waals surface area contributed by atoms with Crippen LogP contribution in [0.5, 0.6) is 0 Å². The van der Waals surface area contributed by atoms with Crippen LogP contribution in [0.1, 0.15) is 21.7 Å². The minimum Gasteiger partial charge on any atom is -0.360 e. The lowest BCUT2D eigenvalue weighted by atomic mass is 10.1. The Kier molecular flexibility index (Phi) is 4.49. The molecule has 0 aliphatic carbocycles. The van der Waals surface area contributed by atoms with Crippen LogP contribution in [0.25, 0.3) is 11.3 Å². The second kappa shape index (κ2) is 6.57. The summed E-state index contributed by atoms with van der Waals surface area (Å²) >= 11 is 3.39. The molecule has 0 unspecified atom stereocenters. The Labute approximate surface area is 146 Å². The van der Waals surface area contributed by atoms with Gasteiger partial charge in [-0.25, -0.2) is 4.39 Å². The molecule has 4 nitrogen and oxygen atoms in total. The first-order chi connectivity index (χ1) is 11.5.